The van der Waals surface area contributed by atoms with Gasteiger partial charge in [-0.25, -0.2) is 0 Å². The van der Waals surface area contributed by atoms with Crippen LogP contribution in [0.3, 0.4) is 0 Å². The maximum atomic E-state index is 12.6. The average molecular weight is 292 g/mol. The molecule has 2 aromatic carbocycles. The summed E-state index contributed by atoms with van der Waals surface area (Å²) in [7, 11) is 1.69. The van der Waals surface area contributed by atoms with Crippen LogP contribution < -0.4 is 0 Å². The molecule has 3 rings (SSSR count). The van der Waals surface area contributed by atoms with Crippen LogP contribution in [0.25, 0.3) is 0 Å². The Kier molecular flexibility index (Phi) is 3.95. The van der Waals surface area contributed by atoms with Crippen molar-refractivity contribution in [2.24, 2.45) is 0 Å². The lowest BCUT2D eigenvalue weighted by molar-refractivity contribution is -0.117. The first-order chi connectivity index (χ1) is 10.7. The second-order valence-corrected chi connectivity index (χ2v) is 5.70. The number of methoxy groups -OCH3 is 1. The fourth-order valence-electron chi connectivity index (χ4n) is 3.42. The smallest absolute Gasteiger partial charge is 0.162 e. The summed E-state index contributed by atoms with van der Waals surface area (Å²) in [4.78, 5) is 12.6. The van der Waals surface area contributed by atoms with Gasteiger partial charge in [-0.3, -0.25) is 4.79 Å². The molecule has 0 unspecified atom stereocenters. The predicted molar refractivity (Wildman–Crippen MR) is 87.6 cm³/mol. The van der Waals surface area contributed by atoms with Crippen molar-refractivity contribution in [1.29, 1.82) is 0 Å². The van der Waals surface area contributed by atoms with E-state index in [0.717, 1.165) is 28.7 Å². The zero-order valence-corrected chi connectivity index (χ0v) is 13.0. The summed E-state index contributed by atoms with van der Waals surface area (Å²) >= 11 is 0. The number of hydrogen-bond donors (Lipinski definition) is 0. The minimum Gasteiger partial charge on any atom is -0.364 e. The summed E-state index contributed by atoms with van der Waals surface area (Å²) < 4.78 is 6.06. The topological polar surface area (TPSA) is 26.3 Å². The number of hydrogen-bond acceptors (Lipinski definition) is 2. The summed E-state index contributed by atoms with van der Waals surface area (Å²) in [5, 5.41) is 0. The maximum absolute atomic E-state index is 12.6. The van der Waals surface area contributed by atoms with Crippen LogP contribution in [-0.2, 0) is 15.1 Å². The quantitative estimate of drug-likeness (QED) is 0.842. The maximum Gasteiger partial charge on any atom is 0.162 e. The van der Waals surface area contributed by atoms with Crippen LogP contribution in [0.5, 0.6) is 0 Å². The lowest BCUT2D eigenvalue weighted by Gasteiger charge is -2.35. The van der Waals surface area contributed by atoms with Crippen molar-refractivity contribution in [3.63, 3.8) is 0 Å². The molecule has 0 spiro atoms. The molecule has 0 saturated carbocycles. The van der Waals surface area contributed by atoms with Crippen molar-refractivity contribution in [3.05, 3.63) is 82.9 Å². The van der Waals surface area contributed by atoms with Crippen LogP contribution in [0, 0.1) is 0 Å². The third-order valence-electron chi connectivity index (χ3n) is 4.45. The molecular weight excluding hydrogens is 272 g/mol. The van der Waals surface area contributed by atoms with E-state index in [4.69, 9.17) is 4.74 Å². The van der Waals surface area contributed by atoms with E-state index in [1.54, 1.807) is 7.11 Å². The molecule has 0 bridgehead atoms. The highest BCUT2D eigenvalue weighted by Crippen LogP contribution is 2.45. The lowest BCUT2D eigenvalue weighted by atomic mass is 9.78. The number of carbonyl (C=O) groups excluding carboxylic acids is 1. The molecule has 0 aliphatic heterocycles. The number of ketones is 1. The second kappa shape index (κ2) is 5.90. The Bertz CT molecular complexity index is 660. The van der Waals surface area contributed by atoms with Crippen LogP contribution in [0.4, 0.5) is 0 Å². The first kappa shape index (κ1) is 14.7. The van der Waals surface area contributed by atoms with Gasteiger partial charge in [0, 0.05) is 19.1 Å². The van der Waals surface area contributed by atoms with Crippen molar-refractivity contribution in [2.45, 2.75) is 25.4 Å². The van der Waals surface area contributed by atoms with E-state index >= 15 is 0 Å². The van der Waals surface area contributed by atoms with Crippen molar-refractivity contribution in [3.8, 4) is 0 Å². The molecule has 22 heavy (non-hydrogen) atoms. The van der Waals surface area contributed by atoms with Gasteiger partial charge in [0.2, 0.25) is 0 Å². The molecule has 1 aliphatic rings. The van der Waals surface area contributed by atoms with E-state index in [2.05, 4.69) is 0 Å². The van der Waals surface area contributed by atoms with Gasteiger partial charge in [0.15, 0.2) is 5.78 Å². The van der Waals surface area contributed by atoms with E-state index in [-0.39, 0.29) is 5.78 Å². The van der Waals surface area contributed by atoms with Crippen molar-refractivity contribution < 1.29 is 9.53 Å². The molecule has 2 aromatic rings. The van der Waals surface area contributed by atoms with Crippen molar-refractivity contribution in [1.82, 2.24) is 0 Å². The molecule has 0 amide bonds. The normalized spacial score (nSPS) is 15.5. The molecule has 0 atom stereocenters. The number of rotatable bonds is 4. The van der Waals surface area contributed by atoms with Crippen LogP contribution in [-0.4, -0.2) is 12.9 Å². The van der Waals surface area contributed by atoms with Crippen molar-refractivity contribution in [2.75, 3.05) is 7.11 Å². The first-order valence-electron chi connectivity index (χ1n) is 7.59. The summed E-state index contributed by atoms with van der Waals surface area (Å²) in [6.07, 6.45) is 1.39. The molecule has 2 nitrogen and oxygen atoms in total. The molecule has 0 radical (unpaired) electrons. The molecule has 0 fully saturated rings. The van der Waals surface area contributed by atoms with Crippen LogP contribution in [0.15, 0.2) is 71.8 Å². The third-order valence-corrected chi connectivity index (χ3v) is 4.45. The van der Waals surface area contributed by atoms with Gasteiger partial charge in [0.25, 0.3) is 0 Å². The largest absolute Gasteiger partial charge is 0.364 e. The molecule has 0 saturated heterocycles. The average Bonchev–Trinajstić information content (AvgIpc) is 2.91. The Morgan fingerprint density at radius 1 is 0.864 bits per heavy atom. The zero-order valence-electron chi connectivity index (χ0n) is 13.0. The van der Waals surface area contributed by atoms with E-state index in [9.17, 15) is 4.79 Å². The van der Waals surface area contributed by atoms with Gasteiger partial charge in [-0.2, -0.15) is 0 Å². The molecule has 2 heteroatoms. The van der Waals surface area contributed by atoms with Gasteiger partial charge in [-0.1, -0.05) is 66.2 Å². The Morgan fingerprint density at radius 2 is 1.36 bits per heavy atom. The molecule has 1 aliphatic carbocycles. The number of ether oxygens (including phenoxy) is 1. The van der Waals surface area contributed by atoms with E-state index in [1.807, 2.05) is 67.6 Å². The minimum absolute atomic E-state index is 0.187. The van der Waals surface area contributed by atoms with Crippen LogP contribution in [0.1, 0.15) is 30.9 Å². The van der Waals surface area contributed by atoms with Gasteiger partial charge >= 0.3 is 0 Å². The SMILES string of the molecule is COC(C1=C(C)CCC1=O)(c1ccccc1)c1ccccc1. The number of benzene rings is 2. The Hall–Kier alpha value is -2.19. The van der Waals surface area contributed by atoms with Crippen LogP contribution >= 0.6 is 0 Å². The highest BCUT2D eigenvalue weighted by Gasteiger charge is 2.44. The fourth-order valence-corrected chi connectivity index (χ4v) is 3.42. The van der Waals surface area contributed by atoms with Gasteiger partial charge in [-0.05, 0) is 24.5 Å². The molecule has 112 valence electrons. The predicted octanol–water partition coefficient (Wildman–Crippen LogP) is 4.26. The zero-order chi connectivity index (χ0) is 15.6. The highest BCUT2D eigenvalue weighted by atomic mass is 16.5. The number of Topliss-reactive ketones (excluding diaryl/α,β-unsaturated/α-hetero) is 1. The second-order valence-electron chi connectivity index (χ2n) is 5.70. The Labute approximate surface area is 131 Å². The number of carbonyl (C=O) groups is 1. The number of allylic oxidation sites excluding steroid dienone is 1. The monoisotopic (exact) mass is 292 g/mol. The minimum atomic E-state index is -0.819. The molecule has 0 aromatic heterocycles. The lowest BCUT2D eigenvalue weighted by Crippen LogP contribution is -2.35. The fraction of sp³-hybridized carbons (Fsp3) is 0.250. The third kappa shape index (κ3) is 2.20. The van der Waals surface area contributed by atoms with E-state index < -0.39 is 5.60 Å². The van der Waals surface area contributed by atoms with E-state index in [1.165, 1.54) is 0 Å². The van der Waals surface area contributed by atoms with Crippen LogP contribution in [0.2, 0.25) is 0 Å². The summed E-state index contributed by atoms with van der Waals surface area (Å²) in [5.41, 5.74) is 3.09. The summed E-state index contributed by atoms with van der Waals surface area (Å²) in [6.45, 7) is 2.04. The summed E-state index contributed by atoms with van der Waals surface area (Å²) in [6, 6.07) is 20.0. The van der Waals surface area contributed by atoms with Crippen molar-refractivity contribution >= 4 is 5.78 Å². The molecular formula is C20H20O2. The standard InChI is InChI=1S/C20H20O2/c1-15-13-14-18(21)19(15)20(22-2,16-9-5-3-6-10-16)17-11-7-4-8-12-17/h3-12H,13-14H2,1-2H3. The highest BCUT2D eigenvalue weighted by molar-refractivity contribution is 6.01. The van der Waals surface area contributed by atoms with Gasteiger partial charge in [0.05, 0.1) is 0 Å². The van der Waals surface area contributed by atoms with E-state index in [0.29, 0.717) is 6.42 Å². The molecule has 0 N–H and O–H groups in total. The Morgan fingerprint density at radius 3 is 1.73 bits per heavy atom. The first-order valence-corrected chi connectivity index (χ1v) is 7.59. The van der Waals surface area contributed by atoms with Gasteiger partial charge in [0.1, 0.15) is 5.60 Å². The van der Waals surface area contributed by atoms with Gasteiger partial charge in [-0.15, -0.1) is 0 Å². The summed E-state index contributed by atoms with van der Waals surface area (Å²) in [5.74, 6) is 0.187. The Balaban J connectivity index is 2.32. The van der Waals surface area contributed by atoms with Gasteiger partial charge < -0.3 is 4.74 Å². The molecule has 0 heterocycles.